The highest BCUT2D eigenvalue weighted by Gasteiger charge is 2.18. The van der Waals surface area contributed by atoms with Gasteiger partial charge in [-0.2, -0.15) is 0 Å². The second kappa shape index (κ2) is 5.02. The molecule has 0 aromatic rings. The molecule has 0 bridgehead atoms. The Morgan fingerprint density at radius 3 is 2.46 bits per heavy atom. The van der Waals surface area contributed by atoms with Gasteiger partial charge in [0.1, 0.15) is 0 Å². The van der Waals surface area contributed by atoms with Crippen molar-refractivity contribution in [1.82, 2.24) is 0 Å². The van der Waals surface area contributed by atoms with Crippen molar-refractivity contribution >= 4 is 5.97 Å². The van der Waals surface area contributed by atoms with Crippen molar-refractivity contribution in [2.45, 2.75) is 12.5 Å². The molecule has 3 nitrogen and oxygen atoms in total. The highest BCUT2D eigenvalue weighted by Crippen LogP contribution is 2.05. The number of hydrogen-bond acceptors (Lipinski definition) is 2. The first-order chi connectivity index (χ1) is 5.88. The topological polar surface area (TPSA) is 26.3 Å². The van der Waals surface area contributed by atoms with Crippen LogP contribution in [0.4, 0.5) is 0 Å². The molecule has 0 rings (SSSR count). The van der Waals surface area contributed by atoms with Crippen LogP contribution in [0.1, 0.15) is 6.42 Å². The van der Waals surface area contributed by atoms with Crippen molar-refractivity contribution in [3.8, 4) is 0 Å². The first kappa shape index (κ1) is 12.2. The number of esters is 1. The van der Waals surface area contributed by atoms with Crippen LogP contribution >= 0.6 is 0 Å². The summed E-state index contributed by atoms with van der Waals surface area (Å²) in [5, 5.41) is 0. The summed E-state index contributed by atoms with van der Waals surface area (Å²) in [5.74, 6) is -0.367. The number of carbonyl (C=O) groups excluding carboxylic acids is 1. The van der Waals surface area contributed by atoms with Crippen molar-refractivity contribution in [1.29, 1.82) is 0 Å². The van der Waals surface area contributed by atoms with E-state index in [-0.39, 0.29) is 12.0 Å². The van der Waals surface area contributed by atoms with Crippen LogP contribution in [-0.2, 0) is 9.53 Å². The van der Waals surface area contributed by atoms with E-state index >= 15 is 0 Å². The summed E-state index contributed by atoms with van der Waals surface area (Å²) in [5.41, 5.74) is 0. The second-order valence-corrected chi connectivity index (χ2v) is 3.93. The first-order valence-corrected chi connectivity index (χ1v) is 4.31. The van der Waals surface area contributed by atoms with Crippen molar-refractivity contribution in [3.63, 3.8) is 0 Å². The Bertz CT molecular complexity index is 182. The van der Waals surface area contributed by atoms with E-state index in [1.807, 2.05) is 0 Å². The van der Waals surface area contributed by atoms with E-state index in [0.29, 0.717) is 6.61 Å². The predicted octanol–water partition coefficient (Wildman–Crippen LogP) is 1.01. The van der Waals surface area contributed by atoms with Gasteiger partial charge in [0.05, 0.1) is 33.8 Å². The third-order valence-corrected chi connectivity index (χ3v) is 1.96. The smallest absolute Gasteiger partial charge is 0.330 e. The van der Waals surface area contributed by atoms with Gasteiger partial charge in [-0.1, -0.05) is 6.58 Å². The number of ether oxygens (including phenoxy) is 1. The van der Waals surface area contributed by atoms with Crippen LogP contribution in [-0.4, -0.2) is 44.2 Å². The molecule has 0 amide bonds. The quantitative estimate of drug-likeness (QED) is 0.363. The Hall–Kier alpha value is -0.830. The van der Waals surface area contributed by atoms with Gasteiger partial charge in [-0.05, 0) is 0 Å². The molecule has 0 heterocycles. The van der Waals surface area contributed by atoms with Gasteiger partial charge in [-0.15, -0.1) is 0 Å². The van der Waals surface area contributed by atoms with Gasteiger partial charge >= 0.3 is 5.97 Å². The minimum atomic E-state index is -0.367. The number of rotatable bonds is 5. The van der Waals surface area contributed by atoms with Crippen molar-refractivity contribution in [2.24, 2.45) is 0 Å². The van der Waals surface area contributed by atoms with Gasteiger partial charge in [0.2, 0.25) is 0 Å². The van der Waals surface area contributed by atoms with Gasteiger partial charge in [0.15, 0.2) is 0 Å². The zero-order valence-electron chi connectivity index (χ0n) is 8.75. The Morgan fingerprint density at radius 1 is 1.54 bits per heavy atom. The third kappa shape index (κ3) is 5.42. The fraction of sp³-hybridized carbons (Fsp3) is 0.600. The van der Waals surface area contributed by atoms with Crippen LogP contribution in [0.3, 0.4) is 0 Å². The Morgan fingerprint density at radius 2 is 2.08 bits per heavy atom. The zero-order chi connectivity index (χ0) is 10.5. The summed E-state index contributed by atoms with van der Waals surface area (Å²) in [6, 6.07) is 0.234. The molecule has 0 aliphatic heterocycles. The molecule has 13 heavy (non-hydrogen) atoms. The predicted molar refractivity (Wildman–Crippen MR) is 53.0 cm³/mol. The molecule has 75 valence electrons. The van der Waals surface area contributed by atoms with Crippen LogP contribution in [0.5, 0.6) is 0 Å². The molecule has 0 saturated heterocycles. The summed E-state index contributed by atoms with van der Waals surface area (Å²) in [6.07, 6.45) is 1.94. The minimum absolute atomic E-state index is 0.234. The van der Waals surface area contributed by atoms with Crippen molar-refractivity contribution < 1.29 is 14.0 Å². The number of nitrogens with zero attached hydrogens (tertiary/aromatic N) is 1. The summed E-state index contributed by atoms with van der Waals surface area (Å²) >= 11 is 0. The molecule has 0 aromatic heterocycles. The van der Waals surface area contributed by atoms with E-state index in [1.165, 1.54) is 6.08 Å². The van der Waals surface area contributed by atoms with E-state index in [4.69, 9.17) is 4.74 Å². The second-order valence-electron chi connectivity index (χ2n) is 3.93. The van der Waals surface area contributed by atoms with Crippen LogP contribution in [0, 0.1) is 6.92 Å². The van der Waals surface area contributed by atoms with Gasteiger partial charge in [0.25, 0.3) is 0 Å². The fourth-order valence-electron chi connectivity index (χ4n) is 0.742. The van der Waals surface area contributed by atoms with Gasteiger partial charge in [-0.3, -0.25) is 0 Å². The molecule has 0 spiro atoms. The van der Waals surface area contributed by atoms with E-state index in [1.54, 1.807) is 0 Å². The van der Waals surface area contributed by atoms with E-state index in [2.05, 4.69) is 34.6 Å². The van der Waals surface area contributed by atoms with Gasteiger partial charge in [0, 0.05) is 19.4 Å². The summed E-state index contributed by atoms with van der Waals surface area (Å²) in [7, 11) is 6.19. The Labute approximate surface area is 80.6 Å². The van der Waals surface area contributed by atoms with Crippen LogP contribution < -0.4 is 0 Å². The summed E-state index contributed by atoms with van der Waals surface area (Å²) in [4.78, 5) is 10.7. The molecule has 0 aliphatic carbocycles. The molecule has 1 radical (unpaired) electrons. The van der Waals surface area contributed by atoms with E-state index in [9.17, 15) is 4.79 Å². The molecule has 0 aliphatic rings. The van der Waals surface area contributed by atoms with Crippen LogP contribution in [0.25, 0.3) is 0 Å². The third-order valence-electron chi connectivity index (χ3n) is 1.96. The van der Waals surface area contributed by atoms with E-state index in [0.717, 1.165) is 10.9 Å². The highest BCUT2D eigenvalue weighted by molar-refractivity contribution is 5.81. The highest BCUT2D eigenvalue weighted by atomic mass is 16.5. The lowest BCUT2D eigenvalue weighted by atomic mass is 10.2. The maximum Gasteiger partial charge on any atom is 0.330 e. The largest absolute Gasteiger partial charge is 0.462 e. The Balaban J connectivity index is 3.65. The molecule has 1 atom stereocenters. The molecule has 0 N–H and O–H groups in total. The van der Waals surface area contributed by atoms with Crippen LogP contribution in [0.15, 0.2) is 12.7 Å². The first-order valence-electron chi connectivity index (χ1n) is 4.31. The standard InChI is InChI=1S/C10H19NO2/c1-6-10(12)13-8-7-9(2)11(3,4)5/h6,9H,1-2,7-8H2,3-5H3/q+1. The van der Waals surface area contributed by atoms with E-state index < -0.39 is 0 Å². The fourth-order valence-corrected chi connectivity index (χ4v) is 0.742. The van der Waals surface area contributed by atoms with Gasteiger partial charge in [-0.25, -0.2) is 4.79 Å². The molecule has 0 saturated carbocycles. The molecular weight excluding hydrogens is 166 g/mol. The average molecular weight is 185 g/mol. The summed E-state index contributed by atoms with van der Waals surface area (Å²) in [6.45, 7) is 7.71. The molecular formula is C10H19NO2+. The van der Waals surface area contributed by atoms with Crippen molar-refractivity contribution in [3.05, 3.63) is 19.6 Å². The zero-order valence-corrected chi connectivity index (χ0v) is 8.75. The average Bonchev–Trinajstić information content (AvgIpc) is 2.02. The number of carbonyl (C=O) groups is 1. The van der Waals surface area contributed by atoms with Gasteiger partial charge < -0.3 is 9.22 Å². The SMILES string of the molecule is [CH2]C(CCOC(=O)C=C)[N+](C)(C)C. The monoisotopic (exact) mass is 185 g/mol. The number of quaternary nitrogens is 1. The molecule has 1 unspecified atom stereocenters. The lowest BCUT2D eigenvalue weighted by molar-refractivity contribution is -0.890. The molecule has 3 heteroatoms. The number of hydrogen-bond donors (Lipinski definition) is 0. The normalized spacial score (nSPS) is 13.5. The minimum Gasteiger partial charge on any atom is -0.462 e. The lowest BCUT2D eigenvalue weighted by Crippen LogP contribution is -2.44. The molecule has 0 aromatic carbocycles. The van der Waals surface area contributed by atoms with Crippen molar-refractivity contribution in [2.75, 3.05) is 27.7 Å². The molecule has 0 fully saturated rings. The lowest BCUT2D eigenvalue weighted by Gasteiger charge is -2.31. The van der Waals surface area contributed by atoms with Crippen LogP contribution in [0.2, 0.25) is 0 Å². The summed E-state index contributed by atoms with van der Waals surface area (Å²) < 4.78 is 5.62. The maximum absolute atomic E-state index is 10.7. The maximum atomic E-state index is 10.7. The Kier molecular flexibility index (Phi) is 4.70.